The van der Waals surface area contributed by atoms with Crippen LogP contribution in [0.1, 0.15) is 41.6 Å². The number of rotatable bonds is 7. The second-order valence-corrected chi connectivity index (χ2v) is 8.70. The lowest BCUT2D eigenvalue weighted by Gasteiger charge is -2.32. The number of nitrogens with one attached hydrogen (secondary N) is 2. The Bertz CT molecular complexity index is 984. The number of anilines is 1. The number of imide groups is 1. The summed E-state index contributed by atoms with van der Waals surface area (Å²) >= 11 is 0. The van der Waals surface area contributed by atoms with E-state index in [1.54, 1.807) is 17.0 Å². The summed E-state index contributed by atoms with van der Waals surface area (Å²) in [4.78, 5) is 61.7. The van der Waals surface area contributed by atoms with Crippen molar-refractivity contribution in [2.24, 2.45) is 11.8 Å². The zero-order valence-corrected chi connectivity index (χ0v) is 18.2. The van der Waals surface area contributed by atoms with E-state index in [-0.39, 0.29) is 43.3 Å². The van der Waals surface area contributed by atoms with E-state index in [9.17, 15) is 24.0 Å². The van der Waals surface area contributed by atoms with Gasteiger partial charge >= 0.3 is 5.97 Å². The number of fused-ring (bicyclic) bond motifs is 1. The van der Waals surface area contributed by atoms with E-state index in [0.717, 1.165) is 5.56 Å². The Morgan fingerprint density at radius 1 is 1.12 bits per heavy atom. The zero-order chi connectivity index (χ0) is 23.5. The topological polar surface area (TPSA) is 142 Å². The maximum Gasteiger partial charge on any atom is 0.329 e. The minimum atomic E-state index is -1.01. The quantitative estimate of drug-likeness (QED) is 0.505. The highest BCUT2D eigenvalue weighted by molar-refractivity contribution is 6.08. The van der Waals surface area contributed by atoms with Crippen LogP contribution in [0, 0.1) is 11.8 Å². The number of nitrogens with zero attached hydrogens (tertiary/aromatic N) is 1. The molecule has 0 saturated carbocycles. The number of hydrogen-bond acceptors (Lipinski definition) is 7. The maximum atomic E-state index is 13.0. The first-order valence-corrected chi connectivity index (χ1v) is 11.2. The fraction of sp³-hybridized carbons (Fsp3) is 0.522. The van der Waals surface area contributed by atoms with E-state index >= 15 is 0 Å². The van der Waals surface area contributed by atoms with Gasteiger partial charge in [-0.1, -0.05) is 12.1 Å². The first-order valence-electron chi connectivity index (χ1n) is 11.2. The van der Waals surface area contributed by atoms with Crippen LogP contribution in [-0.4, -0.2) is 71.8 Å². The van der Waals surface area contributed by atoms with Gasteiger partial charge in [-0.25, -0.2) is 4.79 Å². The molecule has 176 valence electrons. The van der Waals surface area contributed by atoms with E-state index in [4.69, 9.17) is 9.84 Å². The Morgan fingerprint density at radius 2 is 1.88 bits per heavy atom. The van der Waals surface area contributed by atoms with Gasteiger partial charge in [0.25, 0.3) is 0 Å². The number of hydrogen-bond donors (Lipinski definition) is 3. The van der Waals surface area contributed by atoms with E-state index in [0.29, 0.717) is 50.0 Å². The minimum absolute atomic E-state index is 0.0639. The molecule has 33 heavy (non-hydrogen) atoms. The van der Waals surface area contributed by atoms with Crippen molar-refractivity contribution in [2.45, 2.75) is 38.2 Å². The average Bonchev–Trinajstić information content (AvgIpc) is 3.13. The summed E-state index contributed by atoms with van der Waals surface area (Å²) in [6.45, 7) is 0.716. The summed E-state index contributed by atoms with van der Waals surface area (Å²) in [7, 11) is 0. The number of piperidine rings is 2. The molecule has 0 aromatic heterocycles. The zero-order valence-electron chi connectivity index (χ0n) is 18.2. The normalized spacial score (nSPS) is 23.3. The van der Waals surface area contributed by atoms with Gasteiger partial charge in [0.15, 0.2) is 5.78 Å². The van der Waals surface area contributed by atoms with Gasteiger partial charge in [-0.2, -0.15) is 0 Å². The number of carbonyl (C=O) groups excluding carboxylic acids is 4. The lowest BCUT2D eigenvalue weighted by atomic mass is 9.83. The van der Waals surface area contributed by atoms with Gasteiger partial charge in [-0.15, -0.1) is 0 Å². The van der Waals surface area contributed by atoms with Gasteiger partial charge in [0, 0.05) is 42.6 Å². The molecule has 2 unspecified atom stereocenters. The van der Waals surface area contributed by atoms with Crippen LogP contribution in [-0.2, 0) is 30.3 Å². The molecule has 3 aliphatic rings. The average molecular weight is 457 g/mol. The molecule has 2 heterocycles. The fourth-order valence-corrected chi connectivity index (χ4v) is 4.88. The van der Waals surface area contributed by atoms with Crippen molar-refractivity contribution in [3.8, 4) is 0 Å². The van der Waals surface area contributed by atoms with Crippen molar-refractivity contribution in [3.05, 3.63) is 29.3 Å². The van der Waals surface area contributed by atoms with Crippen LogP contribution in [0.25, 0.3) is 0 Å². The lowest BCUT2D eigenvalue weighted by Crippen LogP contribution is -2.44. The van der Waals surface area contributed by atoms with Crippen LogP contribution in [0.5, 0.6) is 0 Å². The Hall–Kier alpha value is -3.27. The van der Waals surface area contributed by atoms with Gasteiger partial charge in [-0.05, 0) is 37.3 Å². The summed E-state index contributed by atoms with van der Waals surface area (Å²) in [5.41, 5.74) is 2.05. The summed E-state index contributed by atoms with van der Waals surface area (Å²) in [5, 5.41) is 14.2. The van der Waals surface area contributed by atoms with Crippen molar-refractivity contribution in [1.29, 1.82) is 0 Å². The second kappa shape index (κ2) is 9.70. The largest absolute Gasteiger partial charge is 0.480 e. The highest BCUT2D eigenvalue weighted by Gasteiger charge is 2.42. The lowest BCUT2D eigenvalue weighted by molar-refractivity contribution is -0.146. The smallest absolute Gasteiger partial charge is 0.329 e. The molecule has 3 amide bonds. The van der Waals surface area contributed by atoms with E-state index in [1.165, 1.54) is 0 Å². The molecule has 1 aromatic rings. The Morgan fingerprint density at radius 3 is 2.58 bits per heavy atom. The van der Waals surface area contributed by atoms with Crippen LogP contribution in [0.2, 0.25) is 0 Å². The van der Waals surface area contributed by atoms with E-state index in [2.05, 4.69) is 10.6 Å². The molecule has 2 fully saturated rings. The van der Waals surface area contributed by atoms with Gasteiger partial charge in [0.05, 0.1) is 12.6 Å². The molecule has 1 aliphatic carbocycles. The summed E-state index contributed by atoms with van der Waals surface area (Å²) in [6.07, 6.45) is 2.00. The summed E-state index contributed by atoms with van der Waals surface area (Å²) < 4.78 is 5.30. The molecular weight excluding hydrogens is 430 g/mol. The van der Waals surface area contributed by atoms with Crippen LogP contribution in [0.3, 0.4) is 0 Å². The number of benzene rings is 1. The predicted molar refractivity (Wildman–Crippen MR) is 116 cm³/mol. The first-order chi connectivity index (χ1) is 15.8. The van der Waals surface area contributed by atoms with Crippen LogP contribution < -0.4 is 10.6 Å². The number of carbonyl (C=O) groups is 5. The Labute approximate surface area is 190 Å². The number of carboxylic acids is 1. The van der Waals surface area contributed by atoms with Crippen LogP contribution >= 0.6 is 0 Å². The number of likely N-dealkylation sites (tertiary alicyclic amines) is 1. The molecular formula is C23H27N3O7. The highest BCUT2D eigenvalue weighted by atomic mass is 16.5. The van der Waals surface area contributed by atoms with Crippen molar-refractivity contribution >= 4 is 35.2 Å². The third-order valence-electron chi connectivity index (χ3n) is 6.64. The minimum Gasteiger partial charge on any atom is -0.480 e. The van der Waals surface area contributed by atoms with Crippen molar-refractivity contribution in [1.82, 2.24) is 10.2 Å². The van der Waals surface area contributed by atoms with E-state index < -0.39 is 23.7 Å². The maximum absolute atomic E-state index is 13.0. The molecule has 4 rings (SSSR count). The molecule has 0 bridgehead atoms. The number of carboxylic acid groups (broad SMARTS) is 1. The van der Waals surface area contributed by atoms with Crippen LogP contribution in [0.4, 0.5) is 5.69 Å². The standard InChI is InChI=1S/C23H27N3O7/c27-19-5-4-15(23(32)25-19)17-10-16-14(22(17)31)2-1-3-18(16)24-11-20(28)26-8-6-13(7-9-26)33-12-21(29)30/h1-3,13,15,17,24H,4-12H2,(H,29,30)(H,25,27,32). The van der Waals surface area contributed by atoms with Gasteiger partial charge in [-0.3, -0.25) is 24.5 Å². The molecule has 3 N–H and O–H groups in total. The molecule has 2 saturated heterocycles. The highest BCUT2D eigenvalue weighted by Crippen LogP contribution is 2.38. The monoisotopic (exact) mass is 457 g/mol. The third kappa shape index (κ3) is 5.05. The summed E-state index contributed by atoms with van der Waals surface area (Å²) in [6, 6.07) is 5.30. The third-order valence-corrected chi connectivity index (χ3v) is 6.64. The first kappa shape index (κ1) is 22.9. The van der Waals surface area contributed by atoms with Crippen LogP contribution in [0.15, 0.2) is 18.2 Å². The number of Topliss-reactive ketones (excluding diaryl/α,β-unsaturated/α-hetero) is 1. The Balaban J connectivity index is 1.34. The number of aliphatic carboxylic acids is 1. The molecule has 2 aliphatic heterocycles. The number of amides is 3. The van der Waals surface area contributed by atoms with Crippen molar-refractivity contribution in [2.75, 3.05) is 31.6 Å². The molecule has 0 spiro atoms. The number of ether oxygens (including phenoxy) is 1. The molecule has 10 nitrogen and oxygen atoms in total. The fourth-order valence-electron chi connectivity index (χ4n) is 4.88. The SMILES string of the molecule is O=C(O)COC1CCN(C(=O)CNc2cccc3c2CC(C2CCC(=O)NC2=O)C3=O)CC1. The molecule has 1 aromatic carbocycles. The van der Waals surface area contributed by atoms with Gasteiger partial charge in [0.2, 0.25) is 17.7 Å². The Kier molecular flexibility index (Phi) is 6.73. The molecule has 10 heteroatoms. The summed E-state index contributed by atoms with van der Waals surface area (Å²) in [5.74, 6) is -2.92. The predicted octanol–water partition coefficient (Wildman–Crippen LogP) is 0.599. The van der Waals surface area contributed by atoms with Gasteiger partial charge < -0.3 is 20.1 Å². The molecule has 2 atom stereocenters. The van der Waals surface area contributed by atoms with Gasteiger partial charge in [0.1, 0.15) is 6.61 Å². The second-order valence-electron chi connectivity index (χ2n) is 8.70. The van der Waals surface area contributed by atoms with Crippen molar-refractivity contribution in [3.63, 3.8) is 0 Å². The number of ketones is 1. The van der Waals surface area contributed by atoms with E-state index in [1.807, 2.05) is 6.07 Å². The molecule has 0 radical (unpaired) electrons. The van der Waals surface area contributed by atoms with Crippen molar-refractivity contribution < 1.29 is 33.8 Å².